The number of ether oxygens (including phenoxy) is 1. The minimum absolute atomic E-state index is 0.00803. The van der Waals surface area contributed by atoms with Crippen molar-refractivity contribution >= 4 is 5.69 Å². The SMILES string of the molecule is CCCC(CC)C1(OC)CCN(c2cnc(-c3ccc(O)cc3)nc2)CC1. The Bertz CT molecular complexity index is 707. The zero-order valence-electron chi connectivity index (χ0n) is 16.7. The molecule has 5 heteroatoms. The van der Waals surface area contributed by atoms with Gasteiger partial charge in [-0.3, -0.25) is 0 Å². The number of phenols is 1. The highest BCUT2D eigenvalue weighted by Crippen LogP contribution is 2.38. The summed E-state index contributed by atoms with van der Waals surface area (Å²) in [5, 5.41) is 9.41. The first-order valence-electron chi connectivity index (χ1n) is 10.0. The van der Waals surface area contributed by atoms with E-state index in [0.717, 1.165) is 37.2 Å². The summed E-state index contributed by atoms with van der Waals surface area (Å²) < 4.78 is 6.08. The van der Waals surface area contributed by atoms with Gasteiger partial charge in [-0.15, -0.1) is 0 Å². The number of aromatic hydroxyl groups is 1. The normalized spacial score (nSPS) is 17.7. The van der Waals surface area contributed by atoms with E-state index in [1.807, 2.05) is 31.6 Å². The third kappa shape index (κ3) is 4.24. The lowest BCUT2D eigenvalue weighted by Gasteiger charge is -2.46. The van der Waals surface area contributed by atoms with E-state index in [0.29, 0.717) is 11.7 Å². The highest BCUT2D eigenvalue weighted by Gasteiger charge is 2.40. The molecule has 1 aliphatic heterocycles. The maximum atomic E-state index is 9.41. The van der Waals surface area contributed by atoms with E-state index in [2.05, 4.69) is 28.7 Å². The second-order valence-electron chi connectivity index (χ2n) is 7.46. The first-order chi connectivity index (χ1) is 13.1. The molecule has 1 aliphatic rings. The second-order valence-corrected chi connectivity index (χ2v) is 7.46. The van der Waals surface area contributed by atoms with E-state index >= 15 is 0 Å². The number of methoxy groups -OCH3 is 1. The average molecular weight is 370 g/mol. The lowest BCUT2D eigenvalue weighted by molar-refractivity contribution is -0.0794. The van der Waals surface area contributed by atoms with Crippen LogP contribution in [0.25, 0.3) is 11.4 Å². The van der Waals surface area contributed by atoms with Gasteiger partial charge in [-0.05, 0) is 49.4 Å². The molecule has 146 valence electrons. The largest absolute Gasteiger partial charge is 0.508 e. The van der Waals surface area contributed by atoms with Gasteiger partial charge in [0.1, 0.15) is 5.75 Å². The van der Waals surface area contributed by atoms with E-state index in [9.17, 15) is 5.11 Å². The summed E-state index contributed by atoms with van der Waals surface area (Å²) in [4.78, 5) is 11.4. The molecule has 0 amide bonds. The number of piperidine rings is 1. The van der Waals surface area contributed by atoms with Crippen LogP contribution >= 0.6 is 0 Å². The summed E-state index contributed by atoms with van der Waals surface area (Å²) in [7, 11) is 1.88. The van der Waals surface area contributed by atoms with Crippen molar-refractivity contribution in [3.63, 3.8) is 0 Å². The van der Waals surface area contributed by atoms with Crippen molar-refractivity contribution in [2.24, 2.45) is 5.92 Å². The van der Waals surface area contributed by atoms with Crippen LogP contribution in [0, 0.1) is 5.92 Å². The lowest BCUT2D eigenvalue weighted by atomic mass is 9.75. The summed E-state index contributed by atoms with van der Waals surface area (Å²) in [6.07, 6.45) is 9.50. The van der Waals surface area contributed by atoms with Gasteiger partial charge in [0.15, 0.2) is 5.82 Å². The molecule has 0 radical (unpaired) electrons. The Morgan fingerprint density at radius 1 is 1.11 bits per heavy atom. The predicted octanol–water partition coefficient (Wildman–Crippen LogP) is 4.66. The van der Waals surface area contributed by atoms with Crippen LogP contribution in [0.2, 0.25) is 0 Å². The molecule has 1 saturated heterocycles. The van der Waals surface area contributed by atoms with Crippen LogP contribution in [0.1, 0.15) is 46.0 Å². The van der Waals surface area contributed by atoms with Crippen molar-refractivity contribution in [2.45, 2.75) is 51.6 Å². The summed E-state index contributed by atoms with van der Waals surface area (Å²) >= 11 is 0. The van der Waals surface area contributed by atoms with Gasteiger partial charge >= 0.3 is 0 Å². The molecule has 2 aromatic rings. The van der Waals surface area contributed by atoms with Crippen LogP contribution in [0.3, 0.4) is 0 Å². The van der Waals surface area contributed by atoms with E-state index in [1.165, 1.54) is 19.3 Å². The molecule has 1 aromatic heterocycles. The van der Waals surface area contributed by atoms with Gasteiger partial charge in [-0.25, -0.2) is 9.97 Å². The number of phenolic OH excluding ortho intramolecular Hbond substituents is 1. The van der Waals surface area contributed by atoms with Crippen LogP contribution in [0.15, 0.2) is 36.7 Å². The van der Waals surface area contributed by atoms with Gasteiger partial charge < -0.3 is 14.7 Å². The number of anilines is 1. The zero-order chi connectivity index (χ0) is 19.3. The first-order valence-corrected chi connectivity index (χ1v) is 10.0. The number of nitrogens with zero attached hydrogens (tertiary/aromatic N) is 3. The molecule has 1 unspecified atom stereocenters. The third-order valence-corrected chi connectivity index (χ3v) is 6.02. The molecule has 0 aliphatic carbocycles. The Morgan fingerprint density at radius 3 is 2.26 bits per heavy atom. The number of benzene rings is 1. The van der Waals surface area contributed by atoms with Crippen molar-refractivity contribution in [1.29, 1.82) is 0 Å². The van der Waals surface area contributed by atoms with E-state index in [4.69, 9.17) is 4.74 Å². The van der Waals surface area contributed by atoms with Crippen molar-refractivity contribution in [1.82, 2.24) is 9.97 Å². The lowest BCUT2D eigenvalue weighted by Crippen LogP contribution is -2.50. The van der Waals surface area contributed by atoms with Gasteiger partial charge in [-0.2, -0.15) is 0 Å². The fourth-order valence-electron chi connectivity index (χ4n) is 4.35. The first kappa shape index (κ1) is 19.6. The van der Waals surface area contributed by atoms with Gasteiger partial charge in [0.05, 0.1) is 23.7 Å². The molecule has 5 nitrogen and oxygen atoms in total. The van der Waals surface area contributed by atoms with E-state index in [-0.39, 0.29) is 11.4 Å². The molecule has 27 heavy (non-hydrogen) atoms. The summed E-state index contributed by atoms with van der Waals surface area (Å²) in [5.41, 5.74) is 1.97. The Hall–Kier alpha value is -2.14. The molecule has 0 spiro atoms. The van der Waals surface area contributed by atoms with Gasteiger partial charge in [-0.1, -0.05) is 26.7 Å². The Labute approximate surface area is 162 Å². The molecular weight excluding hydrogens is 338 g/mol. The van der Waals surface area contributed by atoms with Crippen LogP contribution in [0.5, 0.6) is 5.75 Å². The number of hydrogen-bond acceptors (Lipinski definition) is 5. The fraction of sp³-hybridized carbons (Fsp3) is 0.545. The molecule has 0 saturated carbocycles. The number of hydrogen-bond donors (Lipinski definition) is 1. The molecular formula is C22H31N3O2. The quantitative estimate of drug-likeness (QED) is 0.769. The van der Waals surface area contributed by atoms with Crippen molar-refractivity contribution in [3.8, 4) is 17.1 Å². The maximum absolute atomic E-state index is 9.41. The molecule has 0 bridgehead atoms. The van der Waals surface area contributed by atoms with Gasteiger partial charge in [0.25, 0.3) is 0 Å². The number of aromatic nitrogens is 2. The summed E-state index contributed by atoms with van der Waals surface area (Å²) in [6, 6.07) is 6.97. The minimum Gasteiger partial charge on any atom is -0.508 e. The van der Waals surface area contributed by atoms with Crippen molar-refractivity contribution in [3.05, 3.63) is 36.7 Å². The van der Waals surface area contributed by atoms with Crippen molar-refractivity contribution in [2.75, 3.05) is 25.1 Å². The smallest absolute Gasteiger partial charge is 0.159 e. The maximum Gasteiger partial charge on any atom is 0.159 e. The highest BCUT2D eigenvalue weighted by atomic mass is 16.5. The summed E-state index contributed by atoms with van der Waals surface area (Å²) in [5.74, 6) is 1.55. The highest BCUT2D eigenvalue weighted by molar-refractivity contribution is 5.57. The monoisotopic (exact) mass is 369 g/mol. The fourth-order valence-corrected chi connectivity index (χ4v) is 4.35. The third-order valence-electron chi connectivity index (χ3n) is 6.02. The van der Waals surface area contributed by atoms with Gasteiger partial charge in [0.2, 0.25) is 0 Å². The second kappa shape index (κ2) is 8.70. The Morgan fingerprint density at radius 2 is 1.74 bits per heavy atom. The molecule has 1 N–H and O–H groups in total. The molecule has 1 aromatic carbocycles. The molecule has 1 atom stereocenters. The van der Waals surface area contributed by atoms with E-state index < -0.39 is 0 Å². The zero-order valence-corrected chi connectivity index (χ0v) is 16.7. The topological polar surface area (TPSA) is 58.5 Å². The van der Waals surface area contributed by atoms with E-state index in [1.54, 1.807) is 12.1 Å². The van der Waals surface area contributed by atoms with Crippen LogP contribution in [-0.2, 0) is 4.74 Å². The molecule has 2 heterocycles. The Kier molecular flexibility index (Phi) is 6.32. The Balaban J connectivity index is 1.67. The van der Waals surface area contributed by atoms with Gasteiger partial charge in [0, 0.05) is 25.8 Å². The van der Waals surface area contributed by atoms with Crippen molar-refractivity contribution < 1.29 is 9.84 Å². The van der Waals surface area contributed by atoms with Crippen LogP contribution < -0.4 is 4.90 Å². The average Bonchev–Trinajstić information content (AvgIpc) is 2.73. The predicted molar refractivity (Wildman–Crippen MR) is 109 cm³/mol. The molecule has 3 rings (SSSR count). The minimum atomic E-state index is 0.00803. The number of rotatable bonds is 7. The summed E-state index contributed by atoms with van der Waals surface area (Å²) in [6.45, 7) is 6.48. The standard InChI is InChI=1S/C22H31N3O2/c1-4-6-18(5-2)22(27-3)11-13-25(14-12-22)19-15-23-21(24-16-19)17-7-9-20(26)10-8-17/h7-10,15-16,18,26H,4-6,11-14H2,1-3H3. The van der Waals surface area contributed by atoms with Crippen LogP contribution in [0.4, 0.5) is 5.69 Å². The molecule has 1 fully saturated rings. The van der Waals surface area contributed by atoms with Crippen LogP contribution in [-0.4, -0.2) is 40.9 Å².